The molecular formula is C13H26N2. The van der Waals surface area contributed by atoms with Gasteiger partial charge in [0.25, 0.3) is 0 Å². The summed E-state index contributed by atoms with van der Waals surface area (Å²) in [5.74, 6) is 0.979. The molecule has 0 aromatic rings. The molecule has 2 rings (SSSR count). The van der Waals surface area contributed by atoms with E-state index in [1.165, 1.54) is 64.7 Å². The largest absolute Gasteiger partial charge is 0.316 e. The van der Waals surface area contributed by atoms with E-state index in [1.54, 1.807) is 0 Å². The van der Waals surface area contributed by atoms with Gasteiger partial charge in [0.05, 0.1) is 0 Å². The van der Waals surface area contributed by atoms with Crippen molar-refractivity contribution in [3.05, 3.63) is 0 Å². The second kappa shape index (κ2) is 5.86. The van der Waals surface area contributed by atoms with E-state index in [4.69, 9.17) is 0 Å². The Balaban J connectivity index is 1.57. The Morgan fingerprint density at radius 3 is 2.67 bits per heavy atom. The molecule has 1 saturated heterocycles. The molecule has 0 spiro atoms. The SMILES string of the molecule is CCCN(CCCC1CCNC1)C1CC1. The van der Waals surface area contributed by atoms with Crippen LogP contribution in [0.5, 0.6) is 0 Å². The predicted molar refractivity (Wildman–Crippen MR) is 65.1 cm³/mol. The van der Waals surface area contributed by atoms with Gasteiger partial charge in [-0.3, -0.25) is 0 Å². The maximum Gasteiger partial charge on any atom is 0.00964 e. The van der Waals surface area contributed by atoms with Crippen molar-refractivity contribution >= 4 is 0 Å². The first-order chi connectivity index (χ1) is 7.40. The molecule has 1 heterocycles. The molecule has 0 amide bonds. The zero-order chi connectivity index (χ0) is 10.5. The highest BCUT2D eigenvalue weighted by Gasteiger charge is 2.27. The quantitative estimate of drug-likeness (QED) is 0.693. The lowest BCUT2D eigenvalue weighted by Gasteiger charge is -2.21. The molecule has 0 bridgehead atoms. The molecule has 1 saturated carbocycles. The fraction of sp³-hybridized carbons (Fsp3) is 1.00. The molecule has 1 aliphatic carbocycles. The fourth-order valence-corrected chi connectivity index (χ4v) is 2.75. The first-order valence-electron chi connectivity index (χ1n) is 6.85. The zero-order valence-corrected chi connectivity index (χ0v) is 10.2. The highest BCUT2D eigenvalue weighted by Crippen LogP contribution is 2.27. The molecule has 2 nitrogen and oxygen atoms in total. The highest BCUT2D eigenvalue weighted by molar-refractivity contribution is 4.84. The number of hydrogen-bond acceptors (Lipinski definition) is 2. The molecule has 0 aromatic carbocycles. The normalized spacial score (nSPS) is 26.4. The van der Waals surface area contributed by atoms with Crippen LogP contribution in [-0.2, 0) is 0 Å². The van der Waals surface area contributed by atoms with Gasteiger partial charge in [-0.2, -0.15) is 0 Å². The van der Waals surface area contributed by atoms with Crippen molar-refractivity contribution in [3.8, 4) is 0 Å². The molecule has 2 aliphatic rings. The topological polar surface area (TPSA) is 15.3 Å². The summed E-state index contributed by atoms with van der Waals surface area (Å²) in [6.45, 7) is 7.52. The van der Waals surface area contributed by atoms with Gasteiger partial charge in [0.2, 0.25) is 0 Å². The summed E-state index contributed by atoms with van der Waals surface area (Å²) in [6, 6.07) is 0.964. The summed E-state index contributed by atoms with van der Waals surface area (Å²) >= 11 is 0. The van der Waals surface area contributed by atoms with Crippen LogP contribution in [0.2, 0.25) is 0 Å². The number of nitrogens with one attached hydrogen (secondary N) is 1. The van der Waals surface area contributed by atoms with Crippen LogP contribution < -0.4 is 5.32 Å². The minimum absolute atomic E-state index is 0.964. The van der Waals surface area contributed by atoms with Crippen LogP contribution in [0.15, 0.2) is 0 Å². The van der Waals surface area contributed by atoms with Gasteiger partial charge in [0, 0.05) is 6.04 Å². The smallest absolute Gasteiger partial charge is 0.00964 e. The van der Waals surface area contributed by atoms with Crippen molar-refractivity contribution in [1.29, 1.82) is 0 Å². The van der Waals surface area contributed by atoms with Gasteiger partial charge >= 0.3 is 0 Å². The Bertz CT molecular complexity index is 171. The van der Waals surface area contributed by atoms with E-state index in [-0.39, 0.29) is 0 Å². The van der Waals surface area contributed by atoms with E-state index in [0.29, 0.717) is 0 Å². The van der Waals surface area contributed by atoms with E-state index in [0.717, 1.165) is 12.0 Å². The third-order valence-electron chi connectivity index (χ3n) is 3.79. The van der Waals surface area contributed by atoms with Crippen molar-refractivity contribution < 1.29 is 0 Å². The summed E-state index contributed by atoms with van der Waals surface area (Å²) in [6.07, 6.45) is 8.53. The van der Waals surface area contributed by atoms with Gasteiger partial charge in [-0.25, -0.2) is 0 Å². The van der Waals surface area contributed by atoms with Gasteiger partial charge in [-0.05, 0) is 70.6 Å². The summed E-state index contributed by atoms with van der Waals surface area (Å²) < 4.78 is 0. The Morgan fingerprint density at radius 2 is 2.07 bits per heavy atom. The van der Waals surface area contributed by atoms with Gasteiger partial charge in [0.15, 0.2) is 0 Å². The zero-order valence-electron chi connectivity index (χ0n) is 10.2. The molecule has 1 unspecified atom stereocenters. The highest BCUT2D eigenvalue weighted by atomic mass is 15.2. The Kier molecular flexibility index (Phi) is 4.45. The monoisotopic (exact) mass is 210 g/mol. The third kappa shape index (κ3) is 3.76. The Hall–Kier alpha value is -0.0800. The Morgan fingerprint density at radius 1 is 1.20 bits per heavy atom. The van der Waals surface area contributed by atoms with E-state index in [9.17, 15) is 0 Å². The fourth-order valence-electron chi connectivity index (χ4n) is 2.75. The van der Waals surface area contributed by atoms with E-state index >= 15 is 0 Å². The minimum Gasteiger partial charge on any atom is -0.316 e. The summed E-state index contributed by atoms with van der Waals surface area (Å²) in [5.41, 5.74) is 0. The molecule has 88 valence electrons. The van der Waals surface area contributed by atoms with Crippen molar-refractivity contribution in [2.45, 2.75) is 51.5 Å². The maximum atomic E-state index is 3.46. The third-order valence-corrected chi connectivity index (χ3v) is 3.79. The number of hydrogen-bond donors (Lipinski definition) is 1. The van der Waals surface area contributed by atoms with Gasteiger partial charge in [-0.1, -0.05) is 6.92 Å². The van der Waals surface area contributed by atoms with Crippen LogP contribution in [0, 0.1) is 5.92 Å². The molecule has 1 aliphatic heterocycles. The molecule has 1 atom stereocenters. The molecular weight excluding hydrogens is 184 g/mol. The molecule has 15 heavy (non-hydrogen) atoms. The van der Waals surface area contributed by atoms with Crippen molar-refractivity contribution in [2.24, 2.45) is 5.92 Å². The van der Waals surface area contributed by atoms with Crippen molar-refractivity contribution in [1.82, 2.24) is 10.2 Å². The van der Waals surface area contributed by atoms with Crippen molar-refractivity contribution in [3.63, 3.8) is 0 Å². The van der Waals surface area contributed by atoms with Crippen LogP contribution >= 0.6 is 0 Å². The average Bonchev–Trinajstić information content (AvgIpc) is 2.96. The second-order valence-electron chi connectivity index (χ2n) is 5.27. The molecule has 2 fully saturated rings. The lowest BCUT2D eigenvalue weighted by atomic mass is 10.0. The van der Waals surface area contributed by atoms with Crippen LogP contribution in [-0.4, -0.2) is 37.1 Å². The Labute approximate surface area is 94.4 Å². The first kappa shape index (κ1) is 11.4. The standard InChI is InChI=1S/C13H26N2/c1-2-9-15(13-5-6-13)10-3-4-12-7-8-14-11-12/h12-14H,2-11H2,1H3. The number of rotatable bonds is 7. The maximum absolute atomic E-state index is 3.46. The molecule has 1 N–H and O–H groups in total. The first-order valence-corrected chi connectivity index (χ1v) is 6.85. The van der Waals surface area contributed by atoms with Crippen LogP contribution in [0.3, 0.4) is 0 Å². The average molecular weight is 210 g/mol. The van der Waals surface area contributed by atoms with Crippen LogP contribution in [0.1, 0.15) is 45.4 Å². The predicted octanol–water partition coefficient (Wildman–Crippen LogP) is 2.25. The van der Waals surface area contributed by atoms with E-state index < -0.39 is 0 Å². The van der Waals surface area contributed by atoms with Crippen molar-refractivity contribution in [2.75, 3.05) is 26.2 Å². The summed E-state index contributed by atoms with van der Waals surface area (Å²) in [7, 11) is 0. The van der Waals surface area contributed by atoms with Gasteiger partial charge < -0.3 is 10.2 Å². The number of nitrogens with zero attached hydrogens (tertiary/aromatic N) is 1. The summed E-state index contributed by atoms with van der Waals surface area (Å²) in [4.78, 5) is 2.72. The molecule has 2 heteroatoms. The lowest BCUT2D eigenvalue weighted by Crippen LogP contribution is -2.28. The van der Waals surface area contributed by atoms with E-state index in [2.05, 4.69) is 17.1 Å². The molecule has 0 radical (unpaired) electrons. The lowest BCUT2D eigenvalue weighted by molar-refractivity contribution is 0.252. The summed E-state index contributed by atoms with van der Waals surface area (Å²) in [5, 5.41) is 3.46. The van der Waals surface area contributed by atoms with E-state index in [1.807, 2.05) is 0 Å². The second-order valence-corrected chi connectivity index (χ2v) is 5.27. The minimum atomic E-state index is 0.964. The van der Waals surface area contributed by atoms with Gasteiger partial charge in [0.1, 0.15) is 0 Å². The van der Waals surface area contributed by atoms with Gasteiger partial charge in [-0.15, -0.1) is 0 Å². The molecule has 0 aromatic heterocycles. The van der Waals surface area contributed by atoms with Crippen LogP contribution in [0.25, 0.3) is 0 Å². The van der Waals surface area contributed by atoms with Crippen LogP contribution in [0.4, 0.5) is 0 Å².